The monoisotopic (exact) mass is 330 g/mol. The molecule has 0 atom stereocenters. The van der Waals surface area contributed by atoms with Crippen LogP contribution in [-0.4, -0.2) is 68.2 Å². The molecule has 0 N–H and O–H groups in total. The molecule has 2 amide bonds. The summed E-state index contributed by atoms with van der Waals surface area (Å²) in [6, 6.07) is 0. The quantitative estimate of drug-likeness (QED) is 0.428. The van der Waals surface area contributed by atoms with Crippen LogP contribution in [0.25, 0.3) is 0 Å². The summed E-state index contributed by atoms with van der Waals surface area (Å²) in [6.07, 6.45) is 4.28. The minimum absolute atomic E-state index is 0.121. The van der Waals surface area contributed by atoms with Crippen LogP contribution in [-0.2, 0) is 19.1 Å². The molecule has 0 spiro atoms. The van der Waals surface area contributed by atoms with Crippen molar-refractivity contribution in [3.8, 4) is 0 Å². The highest BCUT2D eigenvalue weighted by atomic mass is 16.6. The molecular formula is C16H30N2O5. The minimum Gasteiger partial charge on any atom is -0.464 e. The smallest absolute Gasteiger partial charge is 0.409 e. The second-order valence-corrected chi connectivity index (χ2v) is 5.50. The Morgan fingerprint density at radius 2 is 1.48 bits per heavy atom. The number of carbonyl (C=O) groups is 3. The summed E-state index contributed by atoms with van der Waals surface area (Å²) in [4.78, 5) is 37.6. The molecule has 7 nitrogen and oxygen atoms in total. The van der Waals surface area contributed by atoms with Crippen molar-refractivity contribution in [1.82, 2.24) is 9.80 Å². The lowest BCUT2D eigenvalue weighted by molar-refractivity contribution is -0.148. The van der Waals surface area contributed by atoms with Crippen LogP contribution in [0.4, 0.5) is 4.79 Å². The van der Waals surface area contributed by atoms with Gasteiger partial charge in [0.2, 0.25) is 5.91 Å². The summed E-state index contributed by atoms with van der Waals surface area (Å²) in [5.74, 6) is -0.780. The van der Waals surface area contributed by atoms with Gasteiger partial charge in [-0.15, -0.1) is 0 Å². The molecule has 0 aromatic rings. The van der Waals surface area contributed by atoms with Crippen molar-refractivity contribution in [2.45, 2.75) is 46.0 Å². The van der Waals surface area contributed by atoms with Gasteiger partial charge in [-0.25, -0.2) is 4.79 Å². The van der Waals surface area contributed by atoms with E-state index in [0.29, 0.717) is 13.2 Å². The van der Waals surface area contributed by atoms with Crippen LogP contribution in [0.15, 0.2) is 0 Å². The van der Waals surface area contributed by atoms with E-state index in [0.717, 1.165) is 32.1 Å². The van der Waals surface area contributed by atoms with E-state index in [4.69, 9.17) is 9.47 Å². The first kappa shape index (κ1) is 21.2. The first-order valence-corrected chi connectivity index (χ1v) is 8.19. The normalized spacial score (nSPS) is 10.1. The van der Waals surface area contributed by atoms with Gasteiger partial charge in [0.15, 0.2) is 0 Å². The molecule has 134 valence electrons. The Morgan fingerprint density at radius 1 is 0.783 bits per heavy atom. The Morgan fingerprint density at radius 3 is 2.09 bits per heavy atom. The molecule has 0 unspecified atom stereocenters. The van der Waals surface area contributed by atoms with Gasteiger partial charge in [0.1, 0.15) is 13.1 Å². The van der Waals surface area contributed by atoms with Crippen LogP contribution in [0.3, 0.4) is 0 Å². The van der Waals surface area contributed by atoms with E-state index < -0.39 is 12.1 Å². The number of carbonyl (C=O) groups excluding carboxylic acids is 3. The molecule has 23 heavy (non-hydrogen) atoms. The van der Waals surface area contributed by atoms with Gasteiger partial charge in [-0.2, -0.15) is 0 Å². The van der Waals surface area contributed by atoms with E-state index in [1.165, 1.54) is 23.9 Å². The Balaban J connectivity index is 3.99. The zero-order chi connectivity index (χ0) is 17.7. The summed E-state index contributed by atoms with van der Waals surface area (Å²) >= 11 is 0. The molecule has 0 saturated heterocycles. The Labute approximate surface area is 138 Å². The van der Waals surface area contributed by atoms with Crippen molar-refractivity contribution in [2.24, 2.45) is 0 Å². The molecule has 0 aliphatic heterocycles. The van der Waals surface area contributed by atoms with Gasteiger partial charge in [0.25, 0.3) is 0 Å². The maximum atomic E-state index is 12.0. The molecule has 0 bridgehead atoms. The second kappa shape index (κ2) is 12.7. The number of amides is 2. The first-order chi connectivity index (χ1) is 10.9. The number of nitrogens with zero attached hydrogens (tertiary/aromatic N) is 2. The number of ether oxygens (including phenoxy) is 2. The van der Waals surface area contributed by atoms with E-state index in [1.54, 1.807) is 0 Å². The van der Waals surface area contributed by atoms with E-state index in [9.17, 15) is 14.4 Å². The fourth-order valence-electron chi connectivity index (χ4n) is 1.73. The standard InChI is InChI=1S/C16H30N2O5/c1-5-7-8-9-11-22-15(20)13-17(3)14(19)12-18(4)16(21)23-10-6-2/h5-13H2,1-4H3. The van der Waals surface area contributed by atoms with E-state index >= 15 is 0 Å². The number of rotatable bonds is 11. The Bertz CT molecular complexity index is 373. The molecular weight excluding hydrogens is 300 g/mol. The topological polar surface area (TPSA) is 76.2 Å². The lowest BCUT2D eigenvalue weighted by Crippen LogP contribution is -2.41. The number of unbranched alkanes of at least 4 members (excludes halogenated alkanes) is 3. The number of hydrogen-bond donors (Lipinski definition) is 0. The van der Waals surface area contributed by atoms with Gasteiger partial charge < -0.3 is 19.3 Å². The van der Waals surface area contributed by atoms with Crippen LogP contribution in [0.5, 0.6) is 0 Å². The summed E-state index contributed by atoms with van der Waals surface area (Å²) < 4.78 is 10.0. The molecule has 0 aliphatic rings. The summed E-state index contributed by atoms with van der Waals surface area (Å²) in [7, 11) is 2.99. The van der Waals surface area contributed by atoms with Crippen LogP contribution in [0.1, 0.15) is 46.0 Å². The third-order valence-corrected chi connectivity index (χ3v) is 3.17. The second-order valence-electron chi connectivity index (χ2n) is 5.50. The van der Waals surface area contributed by atoms with Gasteiger partial charge in [-0.3, -0.25) is 9.59 Å². The van der Waals surface area contributed by atoms with Crippen LogP contribution in [0, 0.1) is 0 Å². The maximum Gasteiger partial charge on any atom is 0.409 e. The van der Waals surface area contributed by atoms with Gasteiger partial charge in [0.05, 0.1) is 13.2 Å². The fourth-order valence-corrected chi connectivity index (χ4v) is 1.73. The van der Waals surface area contributed by atoms with Crippen molar-refractivity contribution in [3.63, 3.8) is 0 Å². The Kier molecular flexibility index (Phi) is 11.7. The minimum atomic E-state index is -0.549. The molecule has 0 saturated carbocycles. The predicted molar refractivity (Wildman–Crippen MR) is 87.0 cm³/mol. The van der Waals surface area contributed by atoms with Crippen LogP contribution in [0.2, 0.25) is 0 Å². The summed E-state index contributed by atoms with van der Waals surface area (Å²) in [6.45, 7) is 4.44. The highest BCUT2D eigenvalue weighted by molar-refractivity contribution is 5.85. The van der Waals surface area contributed by atoms with Crippen molar-refractivity contribution in [1.29, 1.82) is 0 Å². The average Bonchev–Trinajstić information content (AvgIpc) is 2.51. The third kappa shape index (κ3) is 10.5. The van der Waals surface area contributed by atoms with E-state index in [-0.39, 0.29) is 19.0 Å². The molecule has 0 heterocycles. The SMILES string of the molecule is CCCCCCOC(=O)CN(C)C(=O)CN(C)C(=O)OCCC. The zero-order valence-electron chi connectivity index (χ0n) is 14.8. The fraction of sp³-hybridized carbons (Fsp3) is 0.812. The molecule has 7 heteroatoms. The van der Waals surface area contributed by atoms with Crippen molar-refractivity contribution < 1.29 is 23.9 Å². The average molecular weight is 330 g/mol. The predicted octanol–water partition coefficient (Wildman–Crippen LogP) is 2.05. The number of esters is 1. The Hall–Kier alpha value is -1.79. The van der Waals surface area contributed by atoms with E-state index in [2.05, 4.69) is 6.92 Å². The van der Waals surface area contributed by atoms with Crippen molar-refractivity contribution in [2.75, 3.05) is 40.4 Å². The molecule has 0 fully saturated rings. The molecule has 0 aliphatic carbocycles. The third-order valence-electron chi connectivity index (χ3n) is 3.17. The van der Waals surface area contributed by atoms with Gasteiger partial charge in [0, 0.05) is 14.1 Å². The largest absolute Gasteiger partial charge is 0.464 e. The summed E-state index contributed by atoms with van der Waals surface area (Å²) in [5, 5.41) is 0. The van der Waals surface area contributed by atoms with Crippen LogP contribution < -0.4 is 0 Å². The van der Waals surface area contributed by atoms with Crippen molar-refractivity contribution >= 4 is 18.0 Å². The van der Waals surface area contributed by atoms with E-state index in [1.807, 2.05) is 6.92 Å². The van der Waals surface area contributed by atoms with Crippen LogP contribution >= 0.6 is 0 Å². The van der Waals surface area contributed by atoms with Gasteiger partial charge >= 0.3 is 12.1 Å². The number of likely N-dealkylation sites (N-methyl/N-ethyl adjacent to an activating group) is 2. The molecule has 0 aromatic carbocycles. The number of hydrogen-bond acceptors (Lipinski definition) is 5. The maximum absolute atomic E-state index is 12.0. The highest BCUT2D eigenvalue weighted by Crippen LogP contribution is 2.00. The molecule has 0 rings (SSSR count). The molecule has 0 aromatic heterocycles. The highest BCUT2D eigenvalue weighted by Gasteiger charge is 2.19. The van der Waals surface area contributed by atoms with Gasteiger partial charge in [-0.05, 0) is 12.8 Å². The van der Waals surface area contributed by atoms with Gasteiger partial charge in [-0.1, -0.05) is 33.1 Å². The first-order valence-electron chi connectivity index (χ1n) is 8.19. The zero-order valence-corrected chi connectivity index (χ0v) is 14.8. The molecule has 0 radical (unpaired) electrons. The van der Waals surface area contributed by atoms with Crippen molar-refractivity contribution in [3.05, 3.63) is 0 Å². The lowest BCUT2D eigenvalue weighted by atomic mass is 10.2. The lowest BCUT2D eigenvalue weighted by Gasteiger charge is -2.21. The summed E-state index contributed by atoms with van der Waals surface area (Å²) in [5.41, 5.74) is 0.